The van der Waals surface area contributed by atoms with Crippen molar-refractivity contribution in [2.75, 3.05) is 4.90 Å². The number of halogens is 1. The third kappa shape index (κ3) is 4.42. The number of hydrogen-bond donors (Lipinski definition) is 1. The predicted octanol–water partition coefficient (Wildman–Crippen LogP) is 6.92. The molecule has 7 heteroatoms. The van der Waals surface area contributed by atoms with Crippen LogP contribution in [0.2, 0.25) is 0 Å². The molecule has 4 aromatic rings. The van der Waals surface area contributed by atoms with Gasteiger partial charge in [0.05, 0.1) is 17.3 Å². The maximum atomic E-state index is 14.5. The molecule has 1 N–H and O–H groups in total. The van der Waals surface area contributed by atoms with E-state index in [2.05, 4.69) is 41.7 Å². The maximum absolute atomic E-state index is 14.5. The Morgan fingerprint density at radius 1 is 1.00 bits per heavy atom. The van der Waals surface area contributed by atoms with Crippen LogP contribution >= 0.6 is 12.2 Å². The highest BCUT2D eigenvalue weighted by molar-refractivity contribution is 7.80. The van der Waals surface area contributed by atoms with Crippen molar-refractivity contribution >= 4 is 28.6 Å². The molecule has 1 unspecified atom stereocenters. The minimum atomic E-state index is -0.304. The average Bonchev–Trinajstić information content (AvgIpc) is 3.36. The predicted molar refractivity (Wildman–Crippen MR) is 145 cm³/mol. The number of aryl methyl sites for hydroxylation is 3. The minimum Gasteiger partial charge on any atom is -0.351 e. The van der Waals surface area contributed by atoms with Gasteiger partial charge in [0.15, 0.2) is 5.11 Å². The van der Waals surface area contributed by atoms with Crippen LogP contribution in [0.1, 0.15) is 48.0 Å². The van der Waals surface area contributed by atoms with E-state index in [1.54, 1.807) is 13.0 Å². The number of allylic oxidation sites excluding steroid dienone is 1. The molecule has 2 heterocycles. The Labute approximate surface area is 215 Å². The van der Waals surface area contributed by atoms with Gasteiger partial charge in [0.2, 0.25) is 5.82 Å². The fourth-order valence-electron chi connectivity index (χ4n) is 4.40. The summed E-state index contributed by atoms with van der Waals surface area (Å²) >= 11 is 5.78. The number of anilines is 1. The summed E-state index contributed by atoms with van der Waals surface area (Å²) in [6, 6.07) is 21.2. The Bertz CT molecular complexity index is 1460. The van der Waals surface area contributed by atoms with E-state index in [9.17, 15) is 4.39 Å². The fraction of sp³-hybridized carbons (Fsp3) is 0.207. The van der Waals surface area contributed by atoms with Crippen LogP contribution in [0.3, 0.4) is 0 Å². The van der Waals surface area contributed by atoms with Crippen molar-refractivity contribution in [3.05, 3.63) is 106 Å². The van der Waals surface area contributed by atoms with Crippen molar-refractivity contribution in [1.29, 1.82) is 0 Å². The highest BCUT2D eigenvalue weighted by atomic mass is 32.1. The Balaban J connectivity index is 1.65. The molecule has 1 aliphatic rings. The van der Waals surface area contributed by atoms with Gasteiger partial charge in [0.25, 0.3) is 5.89 Å². The summed E-state index contributed by atoms with van der Waals surface area (Å²) in [7, 11) is 0. The Kier molecular flexibility index (Phi) is 6.41. The van der Waals surface area contributed by atoms with Crippen LogP contribution in [-0.2, 0) is 6.42 Å². The molecule has 1 aliphatic heterocycles. The molecule has 0 radical (unpaired) electrons. The first-order valence-corrected chi connectivity index (χ1v) is 12.3. The van der Waals surface area contributed by atoms with Crippen LogP contribution in [0.4, 0.5) is 10.1 Å². The number of benzene rings is 3. The van der Waals surface area contributed by atoms with Crippen LogP contribution in [0.5, 0.6) is 0 Å². The Morgan fingerprint density at radius 2 is 1.72 bits per heavy atom. The first-order chi connectivity index (χ1) is 17.4. The van der Waals surface area contributed by atoms with Gasteiger partial charge in [-0.05, 0) is 68.2 Å². The van der Waals surface area contributed by atoms with E-state index in [0.717, 1.165) is 34.4 Å². The monoisotopic (exact) mass is 498 g/mol. The Hall–Kier alpha value is -3.84. The van der Waals surface area contributed by atoms with Crippen molar-refractivity contribution in [1.82, 2.24) is 15.5 Å². The summed E-state index contributed by atoms with van der Waals surface area (Å²) in [6.07, 6.45) is 0.953. The van der Waals surface area contributed by atoms with E-state index >= 15 is 0 Å². The van der Waals surface area contributed by atoms with Gasteiger partial charge >= 0.3 is 0 Å². The first kappa shape index (κ1) is 23.9. The second-order valence-corrected chi connectivity index (χ2v) is 9.42. The zero-order chi connectivity index (χ0) is 25.4. The smallest absolute Gasteiger partial charge is 0.258 e. The molecule has 0 spiro atoms. The number of nitrogens with one attached hydrogen (secondary N) is 1. The third-order valence-corrected chi connectivity index (χ3v) is 6.89. The van der Waals surface area contributed by atoms with E-state index in [0.29, 0.717) is 28.1 Å². The van der Waals surface area contributed by atoms with Gasteiger partial charge < -0.3 is 9.84 Å². The van der Waals surface area contributed by atoms with Gasteiger partial charge in [0.1, 0.15) is 5.82 Å². The molecule has 5 rings (SSSR count). The SMILES string of the molecule is CCc1ccc(C2NC(=S)N(c3ccc(C)c(F)c3)C(C)=C2c2nc(-c3ccc(C)cc3)no2)cc1. The lowest BCUT2D eigenvalue weighted by Crippen LogP contribution is -2.46. The van der Waals surface area contributed by atoms with Crippen molar-refractivity contribution in [2.24, 2.45) is 0 Å². The third-order valence-electron chi connectivity index (χ3n) is 6.59. The quantitative estimate of drug-likeness (QED) is 0.301. The normalized spacial score (nSPS) is 15.9. The second-order valence-electron chi connectivity index (χ2n) is 9.03. The second kappa shape index (κ2) is 9.66. The molecule has 5 nitrogen and oxygen atoms in total. The minimum absolute atomic E-state index is 0.290. The lowest BCUT2D eigenvalue weighted by Gasteiger charge is -2.37. The van der Waals surface area contributed by atoms with Crippen LogP contribution in [-0.4, -0.2) is 15.3 Å². The molecule has 1 aromatic heterocycles. The van der Waals surface area contributed by atoms with E-state index in [1.165, 1.54) is 11.6 Å². The van der Waals surface area contributed by atoms with Gasteiger partial charge in [-0.2, -0.15) is 4.98 Å². The summed E-state index contributed by atoms with van der Waals surface area (Å²) < 4.78 is 20.3. The van der Waals surface area contributed by atoms with Gasteiger partial charge in [-0.15, -0.1) is 0 Å². The molecule has 36 heavy (non-hydrogen) atoms. The van der Waals surface area contributed by atoms with Crippen molar-refractivity contribution in [2.45, 2.75) is 40.2 Å². The Morgan fingerprint density at radius 3 is 2.39 bits per heavy atom. The van der Waals surface area contributed by atoms with Crippen LogP contribution in [0.15, 0.2) is 77.0 Å². The van der Waals surface area contributed by atoms with E-state index in [4.69, 9.17) is 21.7 Å². The topological polar surface area (TPSA) is 54.2 Å². The van der Waals surface area contributed by atoms with Crippen LogP contribution < -0.4 is 10.2 Å². The van der Waals surface area contributed by atoms with E-state index < -0.39 is 0 Å². The summed E-state index contributed by atoms with van der Waals surface area (Å²) in [5.41, 5.74) is 7.08. The molecule has 0 saturated heterocycles. The zero-order valence-electron chi connectivity index (χ0n) is 20.7. The largest absolute Gasteiger partial charge is 0.351 e. The van der Waals surface area contributed by atoms with Crippen molar-refractivity contribution < 1.29 is 8.91 Å². The van der Waals surface area contributed by atoms with Gasteiger partial charge in [0, 0.05) is 11.3 Å². The van der Waals surface area contributed by atoms with Gasteiger partial charge in [-0.3, -0.25) is 4.90 Å². The standard InChI is InChI=1S/C29H27FN4OS/c1-5-20-9-13-21(14-10-20)26-25(28-32-27(33-35-28)22-11-6-17(2)7-12-22)19(4)34(29(36)31-26)23-15-8-18(3)24(30)16-23/h6-16,26H,5H2,1-4H3,(H,31,36). The van der Waals surface area contributed by atoms with Crippen LogP contribution in [0, 0.1) is 19.7 Å². The molecular formula is C29H27FN4OS. The van der Waals surface area contributed by atoms with Crippen molar-refractivity contribution in [3.63, 3.8) is 0 Å². The molecular weight excluding hydrogens is 471 g/mol. The molecule has 0 saturated carbocycles. The van der Waals surface area contributed by atoms with Crippen LogP contribution in [0.25, 0.3) is 17.0 Å². The average molecular weight is 499 g/mol. The molecule has 0 aliphatic carbocycles. The molecule has 0 amide bonds. The number of aromatic nitrogens is 2. The molecule has 3 aromatic carbocycles. The maximum Gasteiger partial charge on any atom is 0.258 e. The number of rotatable bonds is 5. The molecule has 0 fully saturated rings. The summed E-state index contributed by atoms with van der Waals surface area (Å²) in [6.45, 7) is 7.85. The summed E-state index contributed by atoms with van der Waals surface area (Å²) in [4.78, 5) is 6.58. The first-order valence-electron chi connectivity index (χ1n) is 11.9. The van der Waals surface area contributed by atoms with E-state index in [-0.39, 0.29) is 11.9 Å². The summed E-state index contributed by atoms with van der Waals surface area (Å²) in [5.74, 6) is 0.605. The number of thiocarbonyl (C=S) groups is 1. The van der Waals surface area contributed by atoms with Gasteiger partial charge in [-0.25, -0.2) is 4.39 Å². The number of nitrogens with zero attached hydrogens (tertiary/aromatic N) is 3. The number of hydrogen-bond acceptors (Lipinski definition) is 4. The lowest BCUT2D eigenvalue weighted by molar-refractivity contribution is 0.404. The summed E-state index contributed by atoms with van der Waals surface area (Å²) in [5, 5.41) is 8.18. The molecule has 182 valence electrons. The molecule has 0 bridgehead atoms. The lowest BCUT2D eigenvalue weighted by atomic mass is 9.93. The highest BCUT2D eigenvalue weighted by Crippen LogP contribution is 2.39. The van der Waals surface area contributed by atoms with Gasteiger partial charge in [-0.1, -0.05) is 72.2 Å². The zero-order valence-corrected chi connectivity index (χ0v) is 21.5. The van der Waals surface area contributed by atoms with E-state index in [1.807, 2.05) is 49.1 Å². The fourth-order valence-corrected chi connectivity index (χ4v) is 4.76. The highest BCUT2D eigenvalue weighted by Gasteiger charge is 2.35. The molecule has 1 atom stereocenters. The van der Waals surface area contributed by atoms with Crippen molar-refractivity contribution in [3.8, 4) is 11.4 Å².